The molecule has 15 heteroatoms. The number of methoxy groups -OCH3 is 1. The molecule has 1 aliphatic heterocycles. The minimum absolute atomic E-state index is 0.0965. The molecule has 0 radical (unpaired) electrons. The third-order valence-electron chi connectivity index (χ3n) is 5.14. The second-order valence-corrected chi connectivity index (χ2v) is 9.38. The normalized spacial score (nSPS) is 22.0. The number of hydrogen-bond acceptors (Lipinski definition) is 9. The molecule has 2 unspecified atom stereocenters. The minimum Gasteiger partial charge on any atom is -0.468 e. The van der Waals surface area contributed by atoms with Crippen molar-refractivity contribution in [1.82, 2.24) is 14.6 Å². The molecular weight excluding hydrogens is 483 g/mol. The maximum Gasteiger partial charge on any atom is 0.459 e. The third kappa shape index (κ3) is 6.59. The van der Waals surface area contributed by atoms with Gasteiger partial charge in [0.05, 0.1) is 25.9 Å². The summed E-state index contributed by atoms with van der Waals surface area (Å²) in [7, 11) is -2.98. The van der Waals surface area contributed by atoms with Gasteiger partial charge in [0.15, 0.2) is 0 Å². The lowest BCUT2D eigenvalue weighted by Crippen LogP contribution is -2.36. The molecule has 188 valence electrons. The lowest BCUT2D eigenvalue weighted by atomic mass is 10.1. The van der Waals surface area contributed by atoms with Crippen LogP contribution in [-0.4, -0.2) is 47.4 Å². The van der Waals surface area contributed by atoms with Crippen molar-refractivity contribution in [2.75, 3.05) is 13.7 Å². The summed E-state index contributed by atoms with van der Waals surface area (Å²) in [6.07, 6.45) is -0.360. The quantitative estimate of drug-likeness (QED) is 0.159. The molecule has 1 aromatic heterocycles. The molecule has 0 aliphatic carbocycles. The van der Waals surface area contributed by atoms with E-state index in [9.17, 15) is 18.9 Å². The largest absolute Gasteiger partial charge is 0.468 e. The van der Waals surface area contributed by atoms with Crippen LogP contribution in [0.3, 0.4) is 0 Å². The Balaban J connectivity index is 1.81. The molecule has 5 atom stereocenters. The summed E-state index contributed by atoms with van der Waals surface area (Å²) in [5.41, 5.74) is 8.03. The molecule has 0 bridgehead atoms. The first-order chi connectivity index (χ1) is 16.7. The van der Waals surface area contributed by atoms with Crippen molar-refractivity contribution in [1.29, 1.82) is 0 Å². The van der Waals surface area contributed by atoms with Gasteiger partial charge in [0, 0.05) is 23.1 Å². The smallest absolute Gasteiger partial charge is 0.459 e. The second-order valence-electron chi connectivity index (χ2n) is 7.69. The Kier molecular flexibility index (Phi) is 8.49. The van der Waals surface area contributed by atoms with Crippen LogP contribution in [0.15, 0.2) is 51.2 Å². The Morgan fingerprint density at radius 3 is 2.77 bits per heavy atom. The highest BCUT2D eigenvalue weighted by molar-refractivity contribution is 7.52. The summed E-state index contributed by atoms with van der Waals surface area (Å²) in [6, 6.07) is 6.34. The maximum atomic E-state index is 13.5. The van der Waals surface area contributed by atoms with Gasteiger partial charge in [-0.05, 0) is 31.5 Å². The lowest BCUT2D eigenvalue weighted by Gasteiger charge is -2.24. The first kappa shape index (κ1) is 26.2. The van der Waals surface area contributed by atoms with Gasteiger partial charge in [0.2, 0.25) is 0 Å². The zero-order chi connectivity index (χ0) is 25.6. The van der Waals surface area contributed by atoms with E-state index in [0.717, 1.165) is 0 Å². The monoisotopic (exact) mass is 508 g/mol. The number of para-hydroxylation sites is 1. The van der Waals surface area contributed by atoms with E-state index < -0.39 is 49.4 Å². The summed E-state index contributed by atoms with van der Waals surface area (Å²) in [4.78, 5) is 40.8. The number of aryl methyl sites for hydroxylation is 1. The number of aromatic amines is 1. The first-order valence-electron chi connectivity index (χ1n) is 10.5. The fraction of sp³-hybridized carbons (Fsp3) is 0.450. The highest BCUT2D eigenvalue weighted by Crippen LogP contribution is 2.46. The average molecular weight is 508 g/mol. The number of aromatic nitrogens is 2. The van der Waals surface area contributed by atoms with Gasteiger partial charge in [-0.3, -0.25) is 23.7 Å². The van der Waals surface area contributed by atoms with E-state index in [1.54, 1.807) is 30.3 Å². The first-order valence-corrected chi connectivity index (χ1v) is 12.1. The van der Waals surface area contributed by atoms with Crippen LogP contribution in [-0.2, 0) is 23.4 Å². The molecule has 2 aromatic rings. The van der Waals surface area contributed by atoms with Gasteiger partial charge in [-0.1, -0.05) is 23.3 Å². The fourth-order valence-corrected chi connectivity index (χ4v) is 4.87. The predicted molar refractivity (Wildman–Crippen MR) is 123 cm³/mol. The number of benzene rings is 1. The van der Waals surface area contributed by atoms with Crippen LogP contribution in [0.25, 0.3) is 10.4 Å². The van der Waals surface area contributed by atoms with Crippen LogP contribution in [0.1, 0.15) is 25.1 Å². The number of rotatable bonds is 10. The molecule has 2 heterocycles. The van der Waals surface area contributed by atoms with Crippen LogP contribution >= 0.6 is 7.75 Å². The fourth-order valence-electron chi connectivity index (χ4n) is 3.37. The van der Waals surface area contributed by atoms with Crippen molar-refractivity contribution in [3.63, 3.8) is 0 Å². The van der Waals surface area contributed by atoms with E-state index in [1.165, 1.54) is 31.7 Å². The number of carbonyl (C=O) groups excluding carboxylic acids is 1. The van der Waals surface area contributed by atoms with Crippen molar-refractivity contribution >= 4 is 13.7 Å². The highest BCUT2D eigenvalue weighted by atomic mass is 31.2. The molecule has 1 aromatic carbocycles. The molecule has 3 rings (SSSR count). The minimum atomic E-state index is -4.16. The molecule has 0 spiro atoms. The summed E-state index contributed by atoms with van der Waals surface area (Å²) in [5.74, 6) is -0.477. The van der Waals surface area contributed by atoms with Crippen LogP contribution < -0.4 is 20.9 Å². The van der Waals surface area contributed by atoms with Crippen molar-refractivity contribution in [2.24, 2.45) is 5.11 Å². The third-order valence-corrected chi connectivity index (χ3v) is 6.79. The maximum absolute atomic E-state index is 13.5. The van der Waals surface area contributed by atoms with E-state index in [1.807, 2.05) is 0 Å². The van der Waals surface area contributed by atoms with Gasteiger partial charge >= 0.3 is 19.4 Å². The predicted octanol–water partition coefficient (Wildman–Crippen LogP) is 2.17. The standard InChI is InChI=1S/C20H25N6O8P/c1-12-10-26(20(29)22-18(12)27)17-9-15(23-25-21)16(33-17)11-32-35(30,24-13(2)19(28)31-3)34-14-7-5-4-6-8-14/h4-8,10,13,15-17H,9,11H2,1-3H3,(H,24,30)(H,22,27,29)/t13-,15?,16+,17+,35?/m0/s1. The highest BCUT2D eigenvalue weighted by Gasteiger charge is 2.40. The van der Waals surface area contributed by atoms with Gasteiger partial charge in [0.1, 0.15) is 18.0 Å². The molecule has 35 heavy (non-hydrogen) atoms. The topological polar surface area (TPSA) is 187 Å². The molecule has 1 fully saturated rings. The number of nitrogens with zero attached hydrogens (tertiary/aromatic N) is 4. The number of hydrogen-bond donors (Lipinski definition) is 2. The van der Waals surface area contributed by atoms with Crippen LogP contribution in [0.5, 0.6) is 5.75 Å². The number of carbonyl (C=O) groups is 1. The Hall–Kier alpha value is -3.41. The van der Waals surface area contributed by atoms with Crippen LogP contribution in [0.2, 0.25) is 0 Å². The van der Waals surface area contributed by atoms with E-state index in [4.69, 9.17) is 19.3 Å². The van der Waals surface area contributed by atoms with Crippen LogP contribution in [0.4, 0.5) is 0 Å². The Morgan fingerprint density at radius 2 is 2.11 bits per heavy atom. The molecule has 1 saturated heterocycles. The van der Waals surface area contributed by atoms with Gasteiger partial charge in [0.25, 0.3) is 5.56 Å². The number of esters is 1. The van der Waals surface area contributed by atoms with Gasteiger partial charge in [-0.2, -0.15) is 5.09 Å². The zero-order valence-electron chi connectivity index (χ0n) is 19.2. The van der Waals surface area contributed by atoms with E-state index in [2.05, 4.69) is 24.8 Å². The summed E-state index contributed by atoms with van der Waals surface area (Å²) < 4.78 is 36.3. The zero-order valence-corrected chi connectivity index (χ0v) is 20.1. The van der Waals surface area contributed by atoms with Gasteiger partial charge in [-0.15, -0.1) is 0 Å². The summed E-state index contributed by atoms with van der Waals surface area (Å²) >= 11 is 0. The molecule has 2 N–H and O–H groups in total. The summed E-state index contributed by atoms with van der Waals surface area (Å²) in [5, 5.41) is 6.21. The van der Waals surface area contributed by atoms with Crippen LogP contribution in [0, 0.1) is 6.92 Å². The van der Waals surface area contributed by atoms with Crippen molar-refractivity contribution in [3.8, 4) is 5.75 Å². The van der Waals surface area contributed by atoms with E-state index >= 15 is 0 Å². The molecule has 0 amide bonds. The lowest BCUT2D eigenvalue weighted by molar-refractivity contribution is -0.142. The SMILES string of the molecule is COC(=O)[C@H](C)NP(=O)(OC[C@H]1O[C@@H](n2cc(C)c(=O)[nH]c2=O)CC1N=[N+]=[N-])Oc1ccccc1. The van der Waals surface area contributed by atoms with Crippen molar-refractivity contribution < 1.29 is 27.9 Å². The van der Waals surface area contributed by atoms with Crippen molar-refractivity contribution in [2.45, 2.75) is 44.7 Å². The van der Waals surface area contributed by atoms with Gasteiger partial charge < -0.3 is 14.0 Å². The van der Waals surface area contributed by atoms with E-state index in [-0.39, 0.29) is 24.3 Å². The molecule has 0 saturated carbocycles. The van der Waals surface area contributed by atoms with Crippen molar-refractivity contribution in [3.05, 3.63) is 73.4 Å². The Morgan fingerprint density at radius 1 is 1.40 bits per heavy atom. The van der Waals surface area contributed by atoms with Gasteiger partial charge in [-0.25, -0.2) is 9.36 Å². The second kappa shape index (κ2) is 11.3. The molecular formula is C20H25N6O8P. The number of nitrogens with one attached hydrogen (secondary N) is 2. The van der Waals surface area contributed by atoms with E-state index in [0.29, 0.717) is 0 Å². The summed E-state index contributed by atoms with van der Waals surface area (Å²) in [6.45, 7) is 2.58. The Labute approximate surface area is 199 Å². The number of azide groups is 1. The number of ether oxygens (including phenoxy) is 2. The number of H-pyrrole nitrogens is 1. The molecule has 14 nitrogen and oxygen atoms in total. The Bertz CT molecular complexity index is 1260. The molecule has 1 aliphatic rings. The average Bonchev–Trinajstić information content (AvgIpc) is 3.23.